The van der Waals surface area contributed by atoms with E-state index in [1.54, 1.807) is 38.1 Å². The van der Waals surface area contributed by atoms with Gasteiger partial charge in [0, 0.05) is 29.7 Å². The monoisotopic (exact) mass is 538 g/mol. The van der Waals surface area contributed by atoms with E-state index in [9.17, 15) is 28.1 Å². The molecule has 0 saturated carbocycles. The summed E-state index contributed by atoms with van der Waals surface area (Å²) >= 11 is 6.09. The Kier molecular flexibility index (Phi) is 9.83. The summed E-state index contributed by atoms with van der Waals surface area (Å²) in [6.07, 6.45) is 1.60. The molecule has 12 heteroatoms. The van der Waals surface area contributed by atoms with Crippen LogP contribution in [0.4, 0.5) is 11.4 Å². The van der Waals surface area contributed by atoms with Crippen LogP contribution in [-0.4, -0.2) is 54.9 Å². The molecule has 2 rings (SSSR count). The zero-order valence-electron chi connectivity index (χ0n) is 20.9. The smallest absolute Gasteiger partial charge is 0.271 e. The Morgan fingerprint density at radius 2 is 1.83 bits per heavy atom. The molecule has 2 aromatic carbocycles. The van der Waals surface area contributed by atoms with Gasteiger partial charge in [0.15, 0.2) is 0 Å². The Bertz CT molecular complexity index is 1240. The molecule has 2 amide bonds. The molecule has 0 aliphatic heterocycles. The van der Waals surface area contributed by atoms with Crippen LogP contribution < -0.4 is 9.62 Å². The second-order valence-corrected chi connectivity index (χ2v) is 11.0. The van der Waals surface area contributed by atoms with Crippen molar-refractivity contribution >= 4 is 44.8 Å². The summed E-state index contributed by atoms with van der Waals surface area (Å²) in [5, 5.41) is 14.6. The first-order valence-electron chi connectivity index (χ1n) is 11.3. The van der Waals surface area contributed by atoms with E-state index < -0.39 is 39.3 Å². The van der Waals surface area contributed by atoms with Crippen molar-refractivity contribution < 1.29 is 22.9 Å². The van der Waals surface area contributed by atoms with Gasteiger partial charge in [-0.3, -0.25) is 24.0 Å². The molecule has 2 atom stereocenters. The van der Waals surface area contributed by atoms with Gasteiger partial charge in [-0.1, -0.05) is 36.7 Å². The van der Waals surface area contributed by atoms with Crippen molar-refractivity contribution in [2.24, 2.45) is 0 Å². The van der Waals surface area contributed by atoms with E-state index in [0.29, 0.717) is 22.6 Å². The molecular formula is C24H31ClN4O6S. The molecule has 36 heavy (non-hydrogen) atoms. The second kappa shape index (κ2) is 12.2. The molecule has 0 saturated heterocycles. The Morgan fingerprint density at radius 3 is 2.39 bits per heavy atom. The van der Waals surface area contributed by atoms with Crippen LogP contribution in [0.3, 0.4) is 0 Å². The van der Waals surface area contributed by atoms with Crippen LogP contribution in [0.5, 0.6) is 0 Å². The fourth-order valence-corrected chi connectivity index (χ4v) is 4.57. The number of nitrogens with zero attached hydrogens (tertiary/aromatic N) is 3. The molecule has 0 spiro atoms. The van der Waals surface area contributed by atoms with Crippen molar-refractivity contribution in [3.05, 3.63) is 68.7 Å². The van der Waals surface area contributed by atoms with Crippen molar-refractivity contribution in [2.75, 3.05) is 17.1 Å². The number of carbonyl (C=O) groups excluding carboxylic acids is 2. The normalized spacial score (nSPS) is 12.9. The van der Waals surface area contributed by atoms with Crippen molar-refractivity contribution in [1.82, 2.24) is 10.2 Å². The van der Waals surface area contributed by atoms with Gasteiger partial charge in [0.1, 0.15) is 12.6 Å². The molecule has 0 heterocycles. The maximum atomic E-state index is 13.6. The van der Waals surface area contributed by atoms with Gasteiger partial charge in [0.05, 0.1) is 16.9 Å². The van der Waals surface area contributed by atoms with E-state index in [0.717, 1.165) is 16.6 Å². The van der Waals surface area contributed by atoms with Gasteiger partial charge >= 0.3 is 0 Å². The number of hydrogen-bond donors (Lipinski definition) is 1. The fraction of sp³-hybridized carbons (Fsp3) is 0.417. The second-order valence-electron chi connectivity index (χ2n) is 8.64. The third kappa shape index (κ3) is 7.66. The lowest BCUT2D eigenvalue weighted by Gasteiger charge is -2.32. The standard InChI is InChI=1S/C24H31ClN4O6S/c1-6-17(3)26-24(31)18(4)27(14-19-8-7-9-20(25)12-19)23(30)15-28(36(5,34)35)22-13-21(29(32)33)11-10-16(22)2/h7-13,17-18H,6,14-15H2,1-5H3,(H,26,31)/t17-,18+/m0/s1. The highest BCUT2D eigenvalue weighted by Gasteiger charge is 2.31. The molecule has 0 aliphatic rings. The third-order valence-electron chi connectivity index (χ3n) is 5.76. The molecule has 0 radical (unpaired) electrons. The predicted molar refractivity (Wildman–Crippen MR) is 139 cm³/mol. The largest absolute Gasteiger partial charge is 0.352 e. The van der Waals surface area contributed by atoms with Crippen LogP contribution in [0.15, 0.2) is 42.5 Å². The number of anilines is 1. The molecule has 1 N–H and O–H groups in total. The highest BCUT2D eigenvalue weighted by Crippen LogP contribution is 2.28. The summed E-state index contributed by atoms with van der Waals surface area (Å²) in [6.45, 7) is 6.25. The van der Waals surface area contributed by atoms with Gasteiger partial charge in [0.25, 0.3) is 5.69 Å². The van der Waals surface area contributed by atoms with Crippen molar-refractivity contribution in [2.45, 2.75) is 52.7 Å². The summed E-state index contributed by atoms with van der Waals surface area (Å²) in [5.41, 5.74) is 0.785. The molecule has 0 fully saturated rings. The molecule has 10 nitrogen and oxygen atoms in total. The number of nitro benzene ring substituents is 1. The quantitative estimate of drug-likeness (QED) is 0.343. The lowest BCUT2D eigenvalue weighted by molar-refractivity contribution is -0.384. The maximum absolute atomic E-state index is 13.6. The van der Waals surface area contributed by atoms with Crippen molar-refractivity contribution in [3.8, 4) is 0 Å². The average molecular weight is 539 g/mol. The number of amides is 2. The van der Waals surface area contributed by atoms with Gasteiger partial charge < -0.3 is 10.2 Å². The molecule has 0 aliphatic carbocycles. The summed E-state index contributed by atoms with van der Waals surface area (Å²) in [5.74, 6) is -1.05. The first-order chi connectivity index (χ1) is 16.7. The van der Waals surface area contributed by atoms with Crippen LogP contribution in [0.2, 0.25) is 5.02 Å². The third-order valence-corrected chi connectivity index (χ3v) is 7.12. The number of sulfonamides is 1. The van der Waals surface area contributed by atoms with Crippen LogP contribution in [0.25, 0.3) is 0 Å². The topological polar surface area (TPSA) is 130 Å². The predicted octanol–water partition coefficient (Wildman–Crippen LogP) is 3.65. The van der Waals surface area contributed by atoms with Crippen LogP contribution in [0.1, 0.15) is 38.3 Å². The van der Waals surface area contributed by atoms with Crippen LogP contribution in [-0.2, 0) is 26.2 Å². The summed E-state index contributed by atoms with van der Waals surface area (Å²) < 4.78 is 26.2. The number of rotatable bonds is 11. The summed E-state index contributed by atoms with van der Waals surface area (Å²) in [6, 6.07) is 9.51. The Balaban J connectivity index is 2.48. The number of nitrogens with one attached hydrogen (secondary N) is 1. The zero-order valence-corrected chi connectivity index (χ0v) is 22.5. The van der Waals surface area contributed by atoms with Crippen molar-refractivity contribution in [1.29, 1.82) is 0 Å². The number of non-ortho nitro benzene ring substituents is 1. The van der Waals surface area contributed by atoms with Gasteiger partial charge in [0.2, 0.25) is 21.8 Å². The lowest BCUT2D eigenvalue weighted by atomic mass is 10.1. The molecule has 0 unspecified atom stereocenters. The number of hydrogen-bond acceptors (Lipinski definition) is 6. The van der Waals surface area contributed by atoms with Crippen molar-refractivity contribution in [3.63, 3.8) is 0 Å². The van der Waals surface area contributed by atoms with Gasteiger partial charge in [-0.05, 0) is 50.5 Å². The average Bonchev–Trinajstić information content (AvgIpc) is 2.80. The molecule has 196 valence electrons. The van der Waals surface area contributed by atoms with Crippen LogP contribution >= 0.6 is 11.6 Å². The Hall–Kier alpha value is -3.18. The van der Waals surface area contributed by atoms with Crippen LogP contribution in [0, 0.1) is 17.0 Å². The molecule has 0 aromatic heterocycles. The minimum atomic E-state index is -4.02. The molecule has 0 bridgehead atoms. The van der Waals surface area contributed by atoms with Gasteiger partial charge in [-0.15, -0.1) is 0 Å². The SMILES string of the molecule is CC[C@H](C)NC(=O)[C@@H](C)N(Cc1cccc(Cl)c1)C(=O)CN(c1cc([N+](=O)[O-])ccc1C)S(C)(=O)=O. The van der Waals surface area contributed by atoms with E-state index >= 15 is 0 Å². The van der Waals surface area contributed by atoms with Gasteiger partial charge in [-0.25, -0.2) is 8.42 Å². The number of aryl methyl sites for hydroxylation is 1. The number of benzene rings is 2. The number of carbonyl (C=O) groups is 2. The highest BCUT2D eigenvalue weighted by atomic mass is 35.5. The number of nitro groups is 1. The summed E-state index contributed by atoms with van der Waals surface area (Å²) in [4.78, 5) is 38.4. The zero-order chi connectivity index (χ0) is 27.2. The lowest BCUT2D eigenvalue weighted by Crippen LogP contribution is -2.52. The first kappa shape index (κ1) is 29.1. The van der Waals surface area contributed by atoms with E-state index in [1.807, 2.05) is 13.8 Å². The van der Waals surface area contributed by atoms with E-state index in [1.165, 1.54) is 17.0 Å². The first-order valence-corrected chi connectivity index (χ1v) is 13.5. The van der Waals surface area contributed by atoms with E-state index in [-0.39, 0.29) is 24.0 Å². The Labute approximate surface area is 216 Å². The van der Waals surface area contributed by atoms with Gasteiger partial charge in [-0.2, -0.15) is 0 Å². The molecular weight excluding hydrogens is 508 g/mol. The summed E-state index contributed by atoms with van der Waals surface area (Å²) in [7, 11) is -4.02. The molecule has 2 aromatic rings. The van der Waals surface area contributed by atoms with E-state index in [2.05, 4.69) is 5.32 Å². The fourth-order valence-electron chi connectivity index (χ4n) is 3.45. The Morgan fingerprint density at radius 1 is 1.17 bits per heavy atom. The minimum Gasteiger partial charge on any atom is -0.352 e. The number of halogens is 1. The van der Waals surface area contributed by atoms with E-state index in [4.69, 9.17) is 11.6 Å². The maximum Gasteiger partial charge on any atom is 0.271 e. The highest BCUT2D eigenvalue weighted by molar-refractivity contribution is 7.92. The minimum absolute atomic E-state index is 0.00000740.